The quantitative estimate of drug-likeness (QED) is 0.345. The first-order valence-electron chi connectivity index (χ1n) is 7.47. The first-order valence-corrected chi connectivity index (χ1v) is 7.47. The van der Waals surface area contributed by atoms with Gasteiger partial charge >= 0.3 is 5.97 Å². The second-order valence-corrected chi connectivity index (χ2v) is 5.40. The maximum absolute atomic E-state index is 12.3. The van der Waals surface area contributed by atoms with Gasteiger partial charge in [0.2, 0.25) is 5.78 Å². The van der Waals surface area contributed by atoms with Crippen molar-refractivity contribution in [3.8, 4) is 5.75 Å². The van der Waals surface area contributed by atoms with Gasteiger partial charge in [-0.05, 0) is 50.2 Å². The van der Waals surface area contributed by atoms with Crippen LogP contribution in [-0.2, 0) is 4.74 Å². The average molecular weight is 343 g/mol. The van der Waals surface area contributed by atoms with E-state index in [0.717, 1.165) is 0 Å². The van der Waals surface area contributed by atoms with Gasteiger partial charge in [0, 0.05) is 17.2 Å². The standard InChI is InChI=1S/C18H17NO6/c1-11-10-14(6-9-16(11)19(22)23)18(21)25-12(2)17(20)13-4-7-15(24-3)8-5-13/h4-10,12H,1-3H3/t12-/m1/s1. The minimum absolute atomic E-state index is 0.0843. The Morgan fingerprint density at radius 2 is 1.68 bits per heavy atom. The van der Waals surface area contributed by atoms with Crippen molar-refractivity contribution < 1.29 is 24.0 Å². The predicted octanol–water partition coefficient (Wildman–Crippen LogP) is 3.34. The van der Waals surface area contributed by atoms with E-state index in [2.05, 4.69) is 0 Å². The Kier molecular flexibility index (Phi) is 5.49. The van der Waals surface area contributed by atoms with Crippen LogP contribution in [0.25, 0.3) is 0 Å². The van der Waals surface area contributed by atoms with Crippen molar-refractivity contribution in [2.75, 3.05) is 7.11 Å². The maximum atomic E-state index is 12.3. The molecule has 1 atom stereocenters. The highest BCUT2D eigenvalue weighted by Gasteiger charge is 2.21. The van der Waals surface area contributed by atoms with Crippen molar-refractivity contribution in [1.29, 1.82) is 0 Å². The predicted molar refractivity (Wildman–Crippen MR) is 90.0 cm³/mol. The summed E-state index contributed by atoms with van der Waals surface area (Å²) in [6.07, 6.45) is -0.989. The van der Waals surface area contributed by atoms with Crippen molar-refractivity contribution in [2.45, 2.75) is 20.0 Å². The van der Waals surface area contributed by atoms with Gasteiger partial charge in [0.05, 0.1) is 17.6 Å². The lowest BCUT2D eigenvalue weighted by Gasteiger charge is -2.13. The van der Waals surface area contributed by atoms with Gasteiger partial charge < -0.3 is 9.47 Å². The fraction of sp³-hybridized carbons (Fsp3) is 0.222. The molecule has 0 radical (unpaired) electrons. The topological polar surface area (TPSA) is 95.7 Å². The van der Waals surface area contributed by atoms with E-state index in [1.165, 1.54) is 39.2 Å². The minimum Gasteiger partial charge on any atom is -0.497 e. The number of ether oxygens (including phenoxy) is 2. The number of hydrogen-bond donors (Lipinski definition) is 0. The summed E-state index contributed by atoms with van der Waals surface area (Å²) in [6.45, 7) is 3.00. The van der Waals surface area contributed by atoms with E-state index in [0.29, 0.717) is 16.9 Å². The molecule has 0 spiro atoms. The molecule has 0 saturated heterocycles. The van der Waals surface area contributed by atoms with Gasteiger partial charge in [-0.2, -0.15) is 0 Å². The van der Waals surface area contributed by atoms with Gasteiger partial charge in [-0.25, -0.2) is 4.79 Å². The number of nitrogens with zero attached hydrogens (tertiary/aromatic N) is 1. The average Bonchev–Trinajstić information content (AvgIpc) is 2.60. The van der Waals surface area contributed by atoms with E-state index in [9.17, 15) is 19.7 Å². The van der Waals surface area contributed by atoms with Crippen LogP contribution in [0.1, 0.15) is 33.2 Å². The molecule has 0 aliphatic rings. The molecule has 0 N–H and O–H groups in total. The fourth-order valence-electron chi connectivity index (χ4n) is 2.26. The number of esters is 1. The zero-order valence-electron chi connectivity index (χ0n) is 14.0. The van der Waals surface area contributed by atoms with Crippen molar-refractivity contribution in [3.05, 3.63) is 69.3 Å². The van der Waals surface area contributed by atoms with E-state index < -0.39 is 17.0 Å². The zero-order valence-corrected chi connectivity index (χ0v) is 14.0. The third-order valence-electron chi connectivity index (χ3n) is 3.66. The lowest BCUT2D eigenvalue weighted by molar-refractivity contribution is -0.385. The van der Waals surface area contributed by atoms with Gasteiger partial charge in [-0.1, -0.05) is 0 Å². The summed E-state index contributed by atoms with van der Waals surface area (Å²) in [5.74, 6) is -0.454. The van der Waals surface area contributed by atoms with Gasteiger partial charge in [-0.3, -0.25) is 14.9 Å². The van der Waals surface area contributed by atoms with Crippen molar-refractivity contribution in [1.82, 2.24) is 0 Å². The molecule has 25 heavy (non-hydrogen) atoms. The maximum Gasteiger partial charge on any atom is 0.338 e. The van der Waals surface area contributed by atoms with Crippen LogP contribution in [0.3, 0.4) is 0 Å². The smallest absolute Gasteiger partial charge is 0.338 e. The van der Waals surface area contributed by atoms with E-state index in [1.54, 1.807) is 24.3 Å². The first kappa shape index (κ1) is 18.1. The number of benzene rings is 2. The largest absolute Gasteiger partial charge is 0.497 e. The molecule has 0 heterocycles. The van der Waals surface area contributed by atoms with Crippen LogP contribution in [0, 0.1) is 17.0 Å². The van der Waals surface area contributed by atoms with Crippen LogP contribution in [0.15, 0.2) is 42.5 Å². The highest BCUT2D eigenvalue weighted by Crippen LogP contribution is 2.20. The number of rotatable bonds is 6. The summed E-state index contributed by atoms with van der Waals surface area (Å²) < 4.78 is 10.2. The van der Waals surface area contributed by atoms with Crippen molar-refractivity contribution in [2.24, 2.45) is 0 Å². The molecule has 7 nitrogen and oxygen atoms in total. The third kappa shape index (κ3) is 4.20. The van der Waals surface area contributed by atoms with Gasteiger partial charge in [0.25, 0.3) is 5.69 Å². The molecule has 0 fully saturated rings. The van der Waals surface area contributed by atoms with E-state index in [-0.39, 0.29) is 17.0 Å². The van der Waals surface area contributed by atoms with E-state index >= 15 is 0 Å². The first-order chi connectivity index (χ1) is 11.8. The fourth-order valence-corrected chi connectivity index (χ4v) is 2.26. The Hall–Kier alpha value is -3.22. The summed E-state index contributed by atoms with van der Waals surface area (Å²) in [7, 11) is 1.52. The Balaban J connectivity index is 2.09. The summed E-state index contributed by atoms with van der Waals surface area (Å²) in [4.78, 5) is 34.8. The molecule has 0 aliphatic carbocycles. The molecule has 0 unspecified atom stereocenters. The van der Waals surface area contributed by atoms with E-state index in [1.807, 2.05) is 0 Å². The number of methoxy groups -OCH3 is 1. The Morgan fingerprint density at radius 3 is 2.20 bits per heavy atom. The molecular formula is C18H17NO6. The number of ketones is 1. The molecule has 0 saturated carbocycles. The lowest BCUT2D eigenvalue weighted by Crippen LogP contribution is -2.24. The number of carbonyl (C=O) groups is 2. The molecule has 2 aromatic carbocycles. The number of Topliss-reactive ketones (excluding diaryl/α,β-unsaturated/α-hetero) is 1. The monoisotopic (exact) mass is 343 g/mol. The van der Waals surface area contributed by atoms with Crippen LogP contribution in [0.4, 0.5) is 5.69 Å². The summed E-state index contributed by atoms with van der Waals surface area (Å²) in [5, 5.41) is 10.8. The van der Waals surface area contributed by atoms with Crippen molar-refractivity contribution in [3.63, 3.8) is 0 Å². The minimum atomic E-state index is -0.989. The van der Waals surface area contributed by atoms with Crippen LogP contribution in [0.5, 0.6) is 5.75 Å². The molecule has 2 rings (SSSR count). The number of carbonyl (C=O) groups excluding carboxylic acids is 2. The van der Waals surface area contributed by atoms with Gasteiger partial charge in [-0.15, -0.1) is 0 Å². The zero-order chi connectivity index (χ0) is 18.6. The normalized spacial score (nSPS) is 11.5. The second kappa shape index (κ2) is 7.57. The molecule has 0 aromatic heterocycles. The second-order valence-electron chi connectivity index (χ2n) is 5.40. The van der Waals surface area contributed by atoms with Crippen LogP contribution >= 0.6 is 0 Å². The SMILES string of the molecule is COc1ccc(C(=O)[C@@H](C)OC(=O)c2ccc([N+](=O)[O-])c(C)c2)cc1. The van der Waals surface area contributed by atoms with Crippen LogP contribution in [0.2, 0.25) is 0 Å². The summed E-state index contributed by atoms with van der Waals surface area (Å²) >= 11 is 0. The van der Waals surface area contributed by atoms with E-state index in [4.69, 9.17) is 9.47 Å². The Bertz CT molecular complexity index is 813. The van der Waals surface area contributed by atoms with Crippen LogP contribution < -0.4 is 4.74 Å². The highest BCUT2D eigenvalue weighted by molar-refractivity contribution is 6.01. The summed E-state index contributed by atoms with van der Waals surface area (Å²) in [6, 6.07) is 10.4. The molecule has 0 amide bonds. The number of hydrogen-bond acceptors (Lipinski definition) is 6. The molecule has 130 valence electrons. The number of nitro groups is 1. The lowest BCUT2D eigenvalue weighted by atomic mass is 10.1. The molecule has 2 aromatic rings. The molecular weight excluding hydrogens is 326 g/mol. The summed E-state index contributed by atoms with van der Waals surface area (Å²) in [5.41, 5.74) is 0.797. The van der Waals surface area contributed by atoms with Crippen molar-refractivity contribution >= 4 is 17.4 Å². The highest BCUT2D eigenvalue weighted by atomic mass is 16.6. The Morgan fingerprint density at radius 1 is 1.08 bits per heavy atom. The van der Waals surface area contributed by atoms with Gasteiger partial charge in [0.15, 0.2) is 6.10 Å². The van der Waals surface area contributed by atoms with Crippen LogP contribution in [-0.4, -0.2) is 29.9 Å². The number of nitro benzene ring substituents is 1. The van der Waals surface area contributed by atoms with Gasteiger partial charge in [0.1, 0.15) is 5.75 Å². The third-order valence-corrected chi connectivity index (χ3v) is 3.66. The Labute approximate surface area is 144 Å². The molecule has 0 aliphatic heterocycles. The number of aryl methyl sites for hydroxylation is 1. The molecule has 0 bridgehead atoms. The molecule has 7 heteroatoms.